The summed E-state index contributed by atoms with van der Waals surface area (Å²) in [7, 11) is 1.58. The molecule has 3 rings (SSSR count). The maximum Gasteiger partial charge on any atom is 0.223 e. The molecule has 2 N–H and O–H groups in total. The van der Waals surface area contributed by atoms with E-state index in [1.807, 2.05) is 0 Å². The number of nitrogens with one attached hydrogen (secondary N) is 2. The lowest BCUT2D eigenvalue weighted by atomic mass is 10.2. The van der Waals surface area contributed by atoms with Crippen molar-refractivity contribution < 1.29 is 9.13 Å². The Morgan fingerprint density at radius 1 is 1.13 bits per heavy atom. The third kappa shape index (κ3) is 4.07. The lowest BCUT2D eigenvalue weighted by Gasteiger charge is -2.15. The second-order valence-electron chi connectivity index (χ2n) is 5.43. The van der Waals surface area contributed by atoms with Crippen LogP contribution in [0, 0.1) is 5.82 Å². The van der Waals surface area contributed by atoms with Gasteiger partial charge in [-0.25, -0.2) is 19.3 Å². The van der Waals surface area contributed by atoms with Crippen molar-refractivity contribution in [2.45, 2.75) is 31.3 Å². The highest BCUT2D eigenvalue weighted by Crippen LogP contribution is 2.26. The van der Waals surface area contributed by atoms with Gasteiger partial charge in [-0.1, -0.05) is 0 Å². The minimum absolute atomic E-state index is 0.175. The smallest absolute Gasteiger partial charge is 0.223 e. The average molecular weight is 382 g/mol. The molecule has 0 spiro atoms. The molecular weight excluding hydrogens is 365 g/mol. The van der Waals surface area contributed by atoms with E-state index in [0.717, 1.165) is 19.3 Å². The van der Waals surface area contributed by atoms with Gasteiger partial charge in [0.15, 0.2) is 17.4 Å². The molecule has 0 bridgehead atoms. The number of halogens is 2. The van der Waals surface area contributed by atoms with E-state index >= 15 is 0 Å². The molecule has 2 heterocycles. The number of rotatable bonds is 5. The lowest BCUT2D eigenvalue weighted by Crippen LogP contribution is -2.22. The van der Waals surface area contributed by atoms with E-state index in [1.165, 1.54) is 6.07 Å². The van der Waals surface area contributed by atoms with E-state index in [1.54, 1.807) is 25.7 Å². The Morgan fingerprint density at radius 2 is 1.83 bits per heavy atom. The summed E-state index contributed by atoms with van der Waals surface area (Å²) in [6.07, 6.45) is 7.59. The van der Waals surface area contributed by atoms with Crippen LogP contribution in [-0.4, -0.2) is 34.1 Å². The highest BCUT2D eigenvalue weighted by Gasteiger charge is 2.26. The largest absolute Gasteiger partial charge is 0.494 e. The van der Waals surface area contributed by atoms with Crippen molar-refractivity contribution in [2.75, 3.05) is 17.7 Å². The van der Waals surface area contributed by atoms with Crippen LogP contribution in [0.4, 0.5) is 16.2 Å². The molecule has 2 aromatic heterocycles. The van der Waals surface area contributed by atoms with Crippen molar-refractivity contribution in [3.05, 3.63) is 34.9 Å². The van der Waals surface area contributed by atoms with Crippen LogP contribution in [0.5, 0.6) is 5.75 Å². The van der Waals surface area contributed by atoms with E-state index < -0.39 is 0 Å². The van der Waals surface area contributed by atoms with Gasteiger partial charge in [0.05, 0.1) is 19.5 Å². The number of hydrogen-bond acceptors (Lipinski definition) is 6. The van der Waals surface area contributed by atoms with Crippen LogP contribution in [0.3, 0.4) is 0 Å². The molecule has 0 saturated heterocycles. The first-order valence-electron chi connectivity index (χ1n) is 7.34. The van der Waals surface area contributed by atoms with Gasteiger partial charge in [-0.3, -0.25) is 0 Å². The summed E-state index contributed by atoms with van der Waals surface area (Å²) < 4.78 is 19.5. The van der Waals surface area contributed by atoms with E-state index in [0.29, 0.717) is 22.0 Å². The molecule has 0 radical (unpaired) electrons. The SMILES string of the molecule is COc1cnc(N[C@H]2CC[C@H](Nc3ncc(Br)cc3F)C2)nc1. The maximum atomic E-state index is 13.8. The molecule has 6 nitrogen and oxygen atoms in total. The molecule has 122 valence electrons. The fraction of sp³-hybridized carbons (Fsp3) is 0.400. The molecule has 0 aliphatic heterocycles. The third-order valence-corrected chi connectivity index (χ3v) is 4.21. The molecule has 2 aromatic rings. The highest BCUT2D eigenvalue weighted by atomic mass is 79.9. The molecule has 1 aliphatic carbocycles. The molecule has 23 heavy (non-hydrogen) atoms. The van der Waals surface area contributed by atoms with Gasteiger partial charge in [-0.15, -0.1) is 0 Å². The highest BCUT2D eigenvalue weighted by molar-refractivity contribution is 9.10. The standard InChI is InChI=1S/C15H17BrFN5O/c1-23-12-7-19-15(20-8-12)22-11-3-2-10(5-11)21-14-13(17)4-9(16)6-18-14/h4,6-8,10-11H,2-3,5H2,1H3,(H,18,21)(H,19,20,22)/t10-,11-/m0/s1. The zero-order valence-corrected chi connectivity index (χ0v) is 14.2. The van der Waals surface area contributed by atoms with Crippen molar-refractivity contribution in [1.82, 2.24) is 15.0 Å². The molecule has 0 amide bonds. The first-order valence-corrected chi connectivity index (χ1v) is 8.13. The predicted octanol–water partition coefficient (Wildman–Crippen LogP) is 3.23. The Hall–Kier alpha value is -1.96. The number of ether oxygens (including phenoxy) is 1. The fourth-order valence-corrected chi connectivity index (χ4v) is 2.94. The van der Waals surface area contributed by atoms with Crippen molar-refractivity contribution in [3.8, 4) is 5.75 Å². The zero-order valence-electron chi connectivity index (χ0n) is 12.6. The molecule has 0 aromatic carbocycles. The molecule has 2 atom stereocenters. The summed E-state index contributed by atoms with van der Waals surface area (Å²) in [4.78, 5) is 12.5. The van der Waals surface area contributed by atoms with Crippen LogP contribution >= 0.6 is 15.9 Å². The van der Waals surface area contributed by atoms with Crippen LogP contribution in [-0.2, 0) is 0 Å². The second-order valence-corrected chi connectivity index (χ2v) is 6.34. The second kappa shape index (κ2) is 7.08. The minimum atomic E-state index is -0.353. The monoisotopic (exact) mass is 381 g/mol. The number of hydrogen-bond donors (Lipinski definition) is 2. The Bertz CT molecular complexity index is 669. The van der Waals surface area contributed by atoms with Crippen molar-refractivity contribution in [1.29, 1.82) is 0 Å². The summed E-state index contributed by atoms with van der Waals surface area (Å²) in [5, 5.41) is 6.45. The average Bonchev–Trinajstić information content (AvgIpc) is 2.98. The van der Waals surface area contributed by atoms with Crippen LogP contribution in [0.15, 0.2) is 29.1 Å². The van der Waals surface area contributed by atoms with E-state index in [9.17, 15) is 4.39 Å². The minimum Gasteiger partial charge on any atom is -0.494 e. The number of nitrogens with zero attached hydrogens (tertiary/aromatic N) is 3. The predicted molar refractivity (Wildman–Crippen MR) is 89.2 cm³/mol. The Kier molecular flexibility index (Phi) is 4.90. The quantitative estimate of drug-likeness (QED) is 0.828. The number of anilines is 2. The van der Waals surface area contributed by atoms with Gasteiger partial charge in [-0.2, -0.15) is 0 Å². The van der Waals surface area contributed by atoms with Crippen LogP contribution in [0.25, 0.3) is 0 Å². The van der Waals surface area contributed by atoms with Gasteiger partial charge in [0.25, 0.3) is 0 Å². The van der Waals surface area contributed by atoms with Gasteiger partial charge < -0.3 is 15.4 Å². The molecular formula is C15H17BrFN5O. The van der Waals surface area contributed by atoms with Crippen molar-refractivity contribution in [2.24, 2.45) is 0 Å². The first-order chi connectivity index (χ1) is 11.1. The van der Waals surface area contributed by atoms with E-state index in [4.69, 9.17) is 4.74 Å². The van der Waals surface area contributed by atoms with Gasteiger partial charge >= 0.3 is 0 Å². The Balaban J connectivity index is 1.55. The molecule has 0 unspecified atom stereocenters. The molecule has 1 saturated carbocycles. The number of methoxy groups -OCH3 is 1. The van der Waals surface area contributed by atoms with Gasteiger partial charge in [-0.05, 0) is 41.3 Å². The lowest BCUT2D eigenvalue weighted by molar-refractivity contribution is 0.411. The van der Waals surface area contributed by atoms with Gasteiger partial charge in [0.2, 0.25) is 5.95 Å². The Labute approximate surface area is 142 Å². The van der Waals surface area contributed by atoms with Crippen molar-refractivity contribution >= 4 is 27.7 Å². The van der Waals surface area contributed by atoms with Crippen LogP contribution in [0.2, 0.25) is 0 Å². The summed E-state index contributed by atoms with van der Waals surface area (Å²) in [5.41, 5.74) is 0. The molecule has 1 fully saturated rings. The maximum absolute atomic E-state index is 13.8. The first kappa shape index (κ1) is 15.9. The topological polar surface area (TPSA) is 72.0 Å². The Morgan fingerprint density at radius 3 is 2.48 bits per heavy atom. The third-order valence-electron chi connectivity index (χ3n) is 3.78. The van der Waals surface area contributed by atoms with E-state index in [-0.39, 0.29) is 17.9 Å². The summed E-state index contributed by atoms with van der Waals surface area (Å²) in [6.45, 7) is 0. The van der Waals surface area contributed by atoms with E-state index in [2.05, 4.69) is 41.5 Å². The van der Waals surface area contributed by atoms with Gasteiger partial charge in [0.1, 0.15) is 0 Å². The zero-order chi connectivity index (χ0) is 16.2. The van der Waals surface area contributed by atoms with Crippen LogP contribution in [0.1, 0.15) is 19.3 Å². The van der Waals surface area contributed by atoms with Crippen molar-refractivity contribution in [3.63, 3.8) is 0 Å². The summed E-state index contributed by atoms with van der Waals surface area (Å²) >= 11 is 3.20. The fourth-order valence-electron chi connectivity index (χ4n) is 2.64. The number of aromatic nitrogens is 3. The molecule has 8 heteroatoms. The van der Waals surface area contributed by atoms with Crippen LogP contribution < -0.4 is 15.4 Å². The summed E-state index contributed by atoms with van der Waals surface area (Å²) in [6, 6.07) is 1.83. The van der Waals surface area contributed by atoms with Gasteiger partial charge in [0, 0.05) is 22.8 Å². The normalized spacial score (nSPS) is 20.3. The number of pyridine rings is 1. The summed E-state index contributed by atoms with van der Waals surface area (Å²) in [5.74, 6) is 1.14. The molecule has 1 aliphatic rings.